The molecule has 1 aromatic rings. The fourth-order valence-corrected chi connectivity index (χ4v) is 1.79. The van der Waals surface area contributed by atoms with Crippen LogP contribution in [0.2, 0.25) is 0 Å². The van der Waals surface area contributed by atoms with Crippen LogP contribution in [0.25, 0.3) is 0 Å². The SMILES string of the molecule is C=CCN(CC=C)C(=O)c1ccc(NC(=O)CCN)cc1.Cl. The van der Waals surface area contributed by atoms with Crippen LogP contribution in [0.1, 0.15) is 16.8 Å². The van der Waals surface area contributed by atoms with E-state index in [-0.39, 0.29) is 30.6 Å². The fourth-order valence-electron chi connectivity index (χ4n) is 1.79. The maximum atomic E-state index is 12.3. The van der Waals surface area contributed by atoms with Gasteiger partial charge in [0.15, 0.2) is 0 Å². The first-order valence-electron chi connectivity index (χ1n) is 6.73. The predicted molar refractivity (Wildman–Crippen MR) is 92.3 cm³/mol. The van der Waals surface area contributed by atoms with Gasteiger partial charge >= 0.3 is 0 Å². The number of anilines is 1. The van der Waals surface area contributed by atoms with E-state index in [1.165, 1.54) is 0 Å². The van der Waals surface area contributed by atoms with Crippen molar-refractivity contribution in [2.75, 3.05) is 25.0 Å². The monoisotopic (exact) mass is 323 g/mol. The summed E-state index contributed by atoms with van der Waals surface area (Å²) in [4.78, 5) is 25.3. The number of rotatable bonds is 8. The van der Waals surface area contributed by atoms with Crippen LogP contribution in [-0.4, -0.2) is 36.3 Å². The summed E-state index contributed by atoms with van der Waals surface area (Å²) >= 11 is 0. The normalized spacial score (nSPS) is 9.32. The minimum absolute atomic E-state index is 0. The second kappa shape index (κ2) is 10.6. The Morgan fingerprint density at radius 1 is 1.14 bits per heavy atom. The molecule has 0 bridgehead atoms. The highest BCUT2D eigenvalue weighted by Gasteiger charge is 2.13. The summed E-state index contributed by atoms with van der Waals surface area (Å²) in [5.41, 5.74) is 6.50. The number of benzene rings is 1. The molecule has 0 spiro atoms. The topological polar surface area (TPSA) is 75.4 Å². The Hall–Kier alpha value is -2.11. The lowest BCUT2D eigenvalue weighted by molar-refractivity contribution is -0.116. The van der Waals surface area contributed by atoms with Gasteiger partial charge in [-0.2, -0.15) is 0 Å². The maximum Gasteiger partial charge on any atom is 0.254 e. The molecule has 0 saturated heterocycles. The van der Waals surface area contributed by atoms with Gasteiger partial charge in [-0.15, -0.1) is 25.6 Å². The zero-order valence-corrected chi connectivity index (χ0v) is 13.3. The van der Waals surface area contributed by atoms with Crippen molar-refractivity contribution in [3.63, 3.8) is 0 Å². The molecule has 0 aromatic heterocycles. The third-order valence-corrected chi connectivity index (χ3v) is 2.77. The van der Waals surface area contributed by atoms with Crippen LogP contribution in [-0.2, 0) is 4.79 Å². The summed E-state index contributed by atoms with van der Waals surface area (Å²) in [7, 11) is 0. The number of halogens is 1. The zero-order valence-electron chi connectivity index (χ0n) is 12.5. The highest BCUT2D eigenvalue weighted by atomic mass is 35.5. The molecule has 0 saturated carbocycles. The van der Waals surface area contributed by atoms with Crippen molar-refractivity contribution < 1.29 is 9.59 Å². The van der Waals surface area contributed by atoms with Crippen molar-refractivity contribution in [1.29, 1.82) is 0 Å². The molecule has 5 nitrogen and oxygen atoms in total. The molecule has 0 aliphatic rings. The van der Waals surface area contributed by atoms with E-state index < -0.39 is 0 Å². The molecule has 0 unspecified atom stereocenters. The molecule has 0 fully saturated rings. The molecule has 6 heteroatoms. The van der Waals surface area contributed by atoms with Crippen molar-refractivity contribution in [3.05, 3.63) is 55.1 Å². The Morgan fingerprint density at radius 3 is 2.14 bits per heavy atom. The van der Waals surface area contributed by atoms with Crippen LogP contribution in [0.4, 0.5) is 5.69 Å². The summed E-state index contributed by atoms with van der Waals surface area (Å²) in [6.45, 7) is 8.50. The van der Waals surface area contributed by atoms with Crippen LogP contribution >= 0.6 is 12.4 Å². The van der Waals surface area contributed by atoms with Crippen molar-refractivity contribution in [1.82, 2.24) is 4.90 Å². The standard InChI is InChI=1S/C16H21N3O2.ClH/c1-3-11-19(12-4-2)16(21)13-5-7-14(8-6-13)18-15(20)9-10-17;/h3-8H,1-2,9-12,17H2,(H,18,20);1H. The van der Waals surface area contributed by atoms with Crippen molar-refractivity contribution in [2.45, 2.75) is 6.42 Å². The quantitative estimate of drug-likeness (QED) is 0.720. The molecule has 0 aliphatic carbocycles. The Bertz CT molecular complexity index is 505. The van der Waals surface area contributed by atoms with Gasteiger partial charge in [0.2, 0.25) is 5.91 Å². The van der Waals surface area contributed by atoms with E-state index in [1.54, 1.807) is 41.3 Å². The third kappa shape index (κ3) is 6.11. The van der Waals surface area contributed by atoms with Gasteiger partial charge in [-0.3, -0.25) is 9.59 Å². The highest BCUT2D eigenvalue weighted by Crippen LogP contribution is 2.12. The molecule has 120 valence electrons. The second-order valence-corrected chi connectivity index (χ2v) is 4.45. The van der Waals surface area contributed by atoms with Crippen molar-refractivity contribution >= 4 is 29.9 Å². The van der Waals surface area contributed by atoms with E-state index in [1.807, 2.05) is 0 Å². The van der Waals surface area contributed by atoms with Crippen LogP contribution in [0.5, 0.6) is 0 Å². The zero-order chi connectivity index (χ0) is 15.7. The molecule has 1 aromatic carbocycles. The van der Waals surface area contributed by atoms with E-state index in [2.05, 4.69) is 18.5 Å². The smallest absolute Gasteiger partial charge is 0.254 e. The average Bonchev–Trinajstić information content (AvgIpc) is 2.47. The number of hydrogen-bond acceptors (Lipinski definition) is 3. The number of hydrogen-bond donors (Lipinski definition) is 2. The van der Waals surface area contributed by atoms with Crippen molar-refractivity contribution in [3.8, 4) is 0 Å². The first kappa shape index (κ1) is 19.9. The number of amides is 2. The van der Waals surface area contributed by atoms with Gasteiger partial charge in [0.25, 0.3) is 5.91 Å². The number of carbonyl (C=O) groups is 2. The van der Waals surface area contributed by atoms with Gasteiger partial charge in [-0.25, -0.2) is 0 Å². The second-order valence-electron chi connectivity index (χ2n) is 4.45. The van der Waals surface area contributed by atoms with E-state index in [9.17, 15) is 9.59 Å². The lowest BCUT2D eigenvalue weighted by Gasteiger charge is -2.19. The first-order valence-corrected chi connectivity index (χ1v) is 6.73. The molecule has 0 radical (unpaired) electrons. The lowest BCUT2D eigenvalue weighted by atomic mass is 10.1. The van der Waals surface area contributed by atoms with Gasteiger partial charge in [-0.05, 0) is 24.3 Å². The summed E-state index contributed by atoms with van der Waals surface area (Å²) in [6.07, 6.45) is 3.61. The minimum atomic E-state index is -0.142. The summed E-state index contributed by atoms with van der Waals surface area (Å²) in [5, 5.41) is 2.71. The number of carbonyl (C=O) groups excluding carboxylic acids is 2. The molecular weight excluding hydrogens is 302 g/mol. The number of nitrogens with zero attached hydrogens (tertiary/aromatic N) is 1. The van der Waals surface area contributed by atoms with Crippen LogP contribution < -0.4 is 11.1 Å². The van der Waals surface area contributed by atoms with Gasteiger partial charge < -0.3 is 16.0 Å². The maximum absolute atomic E-state index is 12.3. The molecule has 2 amide bonds. The Balaban J connectivity index is 0.00000441. The van der Waals surface area contributed by atoms with E-state index in [4.69, 9.17) is 5.73 Å². The molecule has 1 rings (SSSR count). The molecule has 22 heavy (non-hydrogen) atoms. The first-order chi connectivity index (χ1) is 10.1. The van der Waals surface area contributed by atoms with E-state index >= 15 is 0 Å². The minimum Gasteiger partial charge on any atom is -0.331 e. The molecule has 3 N–H and O–H groups in total. The third-order valence-electron chi connectivity index (χ3n) is 2.77. The van der Waals surface area contributed by atoms with Gasteiger partial charge in [0, 0.05) is 37.3 Å². The number of nitrogens with two attached hydrogens (primary N) is 1. The van der Waals surface area contributed by atoms with Crippen molar-refractivity contribution in [2.24, 2.45) is 5.73 Å². The Morgan fingerprint density at radius 2 is 1.68 bits per heavy atom. The van der Waals surface area contributed by atoms with Crippen LogP contribution in [0.3, 0.4) is 0 Å². The molecule has 0 heterocycles. The highest BCUT2D eigenvalue weighted by molar-refractivity contribution is 5.96. The Labute approximate surface area is 137 Å². The van der Waals surface area contributed by atoms with E-state index in [0.717, 1.165) is 0 Å². The number of nitrogens with one attached hydrogen (secondary N) is 1. The largest absolute Gasteiger partial charge is 0.331 e. The average molecular weight is 324 g/mol. The fraction of sp³-hybridized carbons (Fsp3) is 0.250. The van der Waals surface area contributed by atoms with Crippen LogP contribution in [0.15, 0.2) is 49.6 Å². The Kier molecular flexibility index (Phi) is 9.58. The molecule has 0 atom stereocenters. The molecular formula is C16H22ClN3O2. The van der Waals surface area contributed by atoms with Gasteiger partial charge in [0.05, 0.1) is 0 Å². The lowest BCUT2D eigenvalue weighted by Crippen LogP contribution is -2.31. The van der Waals surface area contributed by atoms with Gasteiger partial charge in [-0.1, -0.05) is 12.2 Å². The summed E-state index contributed by atoms with van der Waals surface area (Å²) in [6, 6.07) is 6.75. The molecule has 0 aliphatic heterocycles. The summed E-state index contributed by atoms with van der Waals surface area (Å²) in [5.74, 6) is -0.244. The summed E-state index contributed by atoms with van der Waals surface area (Å²) < 4.78 is 0. The van der Waals surface area contributed by atoms with E-state index in [0.29, 0.717) is 30.9 Å². The van der Waals surface area contributed by atoms with Gasteiger partial charge in [0.1, 0.15) is 0 Å². The predicted octanol–water partition coefficient (Wildman–Crippen LogP) is 2.21. The van der Waals surface area contributed by atoms with Crippen LogP contribution in [0, 0.1) is 0 Å².